The number of rotatable bonds is 4. The molecule has 0 aromatic heterocycles. The van der Waals surface area contributed by atoms with E-state index in [0.29, 0.717) is 6.61 Å². The topological polar surface area (TPSA) is 38.7 Å². The molecule has 0 amide bonds. The van der Waals surface area contributed by atoms with Gasteiger partial charge in [-0.25, -0.2) is 0 Å². The van der Waals surface area contributed by atoms with Gasteiger partial charge in [0, 0.05) is 6.61 Å². The van der Waals surface area contributed by atoms with Gasteiger partial charge in [0.15, 0.2) is 5.79 Å². The molecule has 3 heteroatoms. The van der Waals surface area contributed by atoms with E-state index in [0.717, 1.165) is 12.8 Å². The Labute approximate surface area is 79.3 Å². The van der Waals surface area contributed by atoms with Crippen LogP contribution in [0.15, 0.2) is 12.2 Å². The van der Waals surface area contributed by atoms with Gasteiger partial charge >= 0.3 is 0 Å². The molecular weight excluding hydrogens is 168 g/mol. The van der Waals surface area contributed by atoms with E-state index in [1.807, 2.05) is 26.0 Å². The minimum Gasteiger partial charge on any atom is -0.396 e. The van der Waals surface area contributed by atoms with Crippen molar-refractivity contribution in [2.75, 3.05) is 13.2 Å². The molecule has 0 spiro atoms. The van der Waals surface area contributed by atoms with Gasteiger partial charge in [0.25, 0.3) is 0 Å². The fourth-order valence-electron chi connectivity index (χ4n) is 1.27. The van der Waals surface area contributed by atoms with Crippen molar-refractivity contribution in [3.63, 3.8) is 0 Å². The molecule has 3 nitrogen and oxygen atoms in total. The lowest BCUT2D eigenvalue weighted by molar-refractivity contribution is -0.133. The van der Waals surface area contributed by atoms with Crippen LogP contribution in [0.4, 0.5) is 0 Å². The first-order chi connectivity index (χ1) is 6.14. The van der Waals surface area contributed by atoms with E-state index < -0.39 is 5.79 Å². The average molecular weight is 186 g/mol. The first kappa shape index (κ1) is 10.7. The Morgan fingerprint density at radius 3 is 2.85 bits per heavy atom. The number of hydrogen-bond donors (Lipinski definition) is 1. The number of ether oxygens (including phenoxy) is 2. The molecule has 0 aromatic rings. The van der Waals surface area contributed by atoms with E-state index in [2.05, 4.69) is 0 Å². The third-order valence-electron chi connectivity index (χ3n) is 1.91. The van der Waals surface area contributed by atoms with Crippen molar-refractivity contribution in [1.82, 2.24) is 0 Å². The van der Waals surface area contributed by atoms with Crippen LogP contribution in [0.5, 0.6) is 0 Å². The SMILES string of the molecule is CC1(C)OC[C@H](/C=C/CCCO)O1. The van der Waals surface area contributed by atoms with Crippen LogP contribution < -0.4 is 0 Å². The highest BCUT2D eigenvalue weighted by Gasteiger charge is 2.30. The van der Waals surface area contributed by atoms with E-state index in [9.17, 15) is 0 Å². The zero-order valence-electron chi connectivity index (χ0n) is 8.32. The molecule has 0 aliphatic carbocycles. The van der Waals surface area contributed by atoms with Gasteiger partial charge in [0.1, 0.15) is 6.10 Å². The molecule has 1 aliphatic rings. The standard InChI is InChI=1S/C10H18O3/c1-10(2)12-8-9(13-10)6-4-3-5-7-11/h4,6,9,11H,3,5,7-8H2,1-2H3/b6-4+/t9-/m0/s1. The second-order valence-electron chi connectivity index (χ2n) is 3.66. The van der Waals surface area contributed by atoms with Crippen LogP contribution in [0.2, 0.25) is 0 Å². The highest BCUT2D eigenvalue weighted by Crippen LogP contribution is 2.22. The summed E-state index contributed by atoms with van der Waals surface area (Å²) in [5, 5.41) is 8.55. The fraction of sp³-hybridized carbons (Fsp3) is 0.800. The van der Waals surface area contributed by atoms with Crippen LogP contribution in [0.25, 0.3) is 0 Å². The summed E-state index contributed by atoms with van der Waals surface area (Å²) in [6.07, 6.45) is 5.83. The highest BCUT2D eigenvalue weighted by atomic mass is 16.7. The van der Waals surface area contributed by atoms with Crippen LogP contribution in [-0.2, 0) is 9.47 Å². The van der Waals surface area contributed by atoms with E-state index >= 15 is 0 Å². The first-order valence-electron chi connectivity index (χ1n) is 4.73. The number of allylic oxidation sites excluding steroid dienone is 1. The molecule has 1 aliphatic heterocycles. The predicted molar refractivity (Wildman–Crippen MR) is 50.4 cm³/mol. The zero-order chi connectivity index (χ0) is 9.73. The second-order valence-corrected chi connectivity index (χ2v) is 3.66. The largest absolute Gasteiger partial charge is 0.396 e. The quantitative estimate of drug-likeness (QED) is 0.533. The maximum absolute atomic E-state index is 8.55. The van der Waals surface area contributed by atoms with Gasteiger partial charge in [-0.2, -0.15) is 0 Å². The smallest absolute Gasteiger partial charge is 0.163 e. The maximum atomic E-state index is 8.55. The van der Waals surface area contributed by atoms with Crippen LogP contribution in [-0.4, -0.2) is 30.2 Å². The molecule has 0 unspecified atom stereocenters. The van der Waals surface area contributed by atoms with Gasteiger partial charge in [-0.05, 0) is 26.7 Å². The Balaban J connectivity index is 2.20. The monoisotopic (exact) mass is 186 g/mol. The number of hydrogen-bond acceptors (Lipinski definition) is 3. The van der Waals surface area contributed by atoms with Crippen LogP contribution in [0, 0.1) is 0 Å². The summed E-state index contributed by atoms with van der Waals surface area (Å²) < 4.78 is 10.9. The minimum atomic E-state index is -0.439. The molecule has 0 aromatic carbocycles. The summed E-state index contributed by atoms with van der Waals surface area (Å²) in [4.78, 5) is 0. The molecule has 1 saturated heterocycles. The zero-order valence-corrected chi connectivity index (χ0v) is 8.32. The molecule has 1 rings (SSSR count). The van der Waals surface area contributed by atoms with Gasteiger partial charge in [-0.3, -0.25) is 0 Å². The Kier molecular flexibility index (Phi) is 3.90. The van der Waals surface area contributed by atoms with Gasteiger partial charge in [0.2, 0.25) is 0 Å². The second kappa shape index (κ2) is 4.74. The molecule has 0 radical (unpaired) electrons. The minimum absolute atomic E-state index is 0.0775. The van der Waals surface area contributed by atoms with E-state index in [1.165, 1.54) is 0 Å². The van der Waals surface area contributed by atoms with E-state index in [1.54, 1.807) is 0 Å². The number of unbranched alkanes of at least 4 members (excludes halogenated alkanes) is 1. The number of aliphatic hydroxyl groups is 1. The third-order valence-corrected chi connectivity index (χ3v) is 1.91. The van der Waals surface area contributed by atoms with Crippen molar-refractivity contribution < 1.29 is 14.6 Å². The van der Waals surface area contributed by atoms with Crippen molar-refractivity contribution in [3.05, 3.63) is 12.2 Å². The lowest BCUT2D eigenvalue weighted by atomic mass is 10.2. The van der Waals surface area contributed by atoms with E-state index in [-0.39, 0.29) is 12.7 Å². The Morgan fingerprint density at radius 1 is 1.54 bits per heavy atom. The first-order valence-corrected chi connectivity index (χ1v) is 4.73. The third kappa shape index (κ3) is 3.89. The molecule has 0 bridgehead atoms. The summed E-state index contributed by atoms with van der Waals surface area (Å²) >= 11 is 0. The van der Waals surface area contributed by atoms with Gasteiger partial charge in [-0.1, -0.05) is 12.2 Å². The van der Waals surface area contributed by atoms with Crippen LogP contribution in [0.1, 0.15) is 26.7 Å². The lowest BCUT2D eigenvalue weighted by Crippen LogP contribution is -2.20. The van der Waals surface area contributed by atoms with Crippen molar-refractivity contribution in [3.8, 4) is 0 Å². The lowest BCUT2D eigenvalue weighted by Gasteiger charge is -2.15. The van der Waals surface area contributed by atoms with Gasteiger partial charge in [-0.15, -0.1) is 0 Å². The van der Waals surface area contributed by atoms with E-state index in [4.69, 9.17) is 14.6 Å². The maximum Gasteiger partial charge on any atom is 0.163 e. The van der Waals surface area contributed by atoms with Gasteiger partial charge in [0.05, 0.1) is 6.61 Å². The molecule has 1 atom stereocenters. The van der Waals surface area contributed by atoms with Crippen LogP contribution >= 0.6 is 0 Å². The van der Waals surface area contributed by atoms with Crippen molar-refractivity contribution in [2.45, 2.75) is 38.6 Å². The summed E-state index contributed by atoms with van der Waals surface area (Å²) in [5.74, 6) is -0.439. The van der Waals surface area contributed by atoms with Gasteiger partial charge < -0.3 is 14.6 Å². The average Bonchev–Trinajstić information content (AvgIpc) is 2.40. The number of aliphatic hydroxyl groups excluding tert-OH is 1. The summed E-state index contributed by atoms with van der Waals surface area (Å²) in [7, 11) is 0. The molecule has 1 heterocycles. The Hall–Kier alpha value is -0.380. The van der Waals surface area contributed by atoms with Crippen molar-refractivity contribution in [2.24, 2.45) is 0 Å². The summed E-state index contributed by atoms with van der Waals surface area (Å²) in [6, 6.07) is 0. The molecule has 1 fully saturated rings. The summed E-state index contributed by atoms with van der Waals surface area (Å²) in [5.41, 5.74) is 0. The highest BCUT2D eigenvalue weighted by molar-refractivity contribution is 4.92. The van der Waals surface area contributed by atoms with Crippen molar-refractivity contribution in [1.29, 1.82) is 0 Å². The normalized spacial score (nSPS) is 27.2. The Bertz CT molecular complexity index is 175. The van der Waals surface area contributed by atoms with Crippen LogP contribution in [0.3, 0.4) is 0 Å². The molecule has 1 N–H and O–H groups in total. The Morgan fingerprint density at radius 2 is 2.31 bits per heavy atom. The summed E-state index contributed by atoms with van der Waals surface area (Å²) in [6.45, 7) is 4.70. The van der Waals surface area contributed by atoms with Crippen molar-refractivity contribution >= 4 is 0 Å². The predicted octanol–water partition coefficient (Wildman–Crippen LogP) is 1.47. The fourth-order valence-corrected chi connectivity index (χ4v) is 1.27. The molecule has 13 heavy (non-hydrogen) atoms. The molecular formula is C10H18O3. The molecule has 0 saturated carbocycles. The molecule has 76 valence electrons.